The first-order chi connectivity index (χ1) is 12.0. The molecule has 0 aliphatic carbocycles. The molecule has 1 aromatic heterocycles. The summed E-state index contributed by atoms with van der Waals surface area (Å²) < 4.78 is 6.15. The predicted octanol–water partition coefficient (Wildman–Crippen LogP) is 2.58. The van der Waals surface area contributed by atoms with Crippen molar-refractivity contribution in [1.82, 2.24) is 4.57 Å². The van der Waals surface area contributed by atoms with Gasteiger partial charge in [0.15, 0.2) is 0 Å². The Morgan fingerprint density at radius 1 is 1.16 bits per heavy atom. The van der Waals surface area contributed by atoms with Crippen LogP contribution in [0.25, 0.3) is 22.7 Å². The number of hydrogen-bond donors (Lipinski definition) is 2. The number of rotatable bonds is 3. The molecule has 25 heavy (non-hydrogen) atoms. The number of ether oxygens (including phenoxy) is 1. The van der Waals surface area contributed by atoms with Gasteiger partial charge in [0.05, 0.1) is 18.3 Å². The molecule has 0 unspecified atom stereocenters. The molecule has 0 saturated heterocycles. The Morgan fingerprint density at radius 3 is 2.44 bits per heavy atom. The van der Waals surface area contributed by atoms with Crippen LogP contribution in [-0.4, -0.2) is 17.6 Å². The molecule has 4 N–H and O–H groups in total. The highest BCUT2D eigenvalue weighted by atomic mass is 16.5. The molecule has 1 heterocycles. The van der Waals surface area contributed by atoms with Crippen molar-refractivity contribution in [2.45, 2.75) is 0 Å². The van der Waals surface area contributed by atoms with E-state index in [2.05, 4.69) is 6.58 Å². The number of pyridine rings is 1. The van der Waals surface area contributed by atoms with Gasteiger partial charge >= 0.3 is 5.97 Å². The van der Waals surface area contributed by atoms with Gasteiger partial charge in [-0.3, -0.25) is 9.36 Å². The smallest absolute Gasteiger partial charge is 0.345 e. The second-order valence-corrected chi connectivity index (χ2v) is 5.49. The van der Waals surface area contributed by atoms with E-state index in [1.807, 2.05) is 6.07 Å². The summed E-state index contributed by atoms with van der Waals surface area (Å²) in [4.78, 5) is 25.1. The van der Waals surface area contributed by atoms with Crippen LogP contribution >= 0.6 is 0 Å². The van der Waals surface area contributed by atoms with Crippen LogP contribution in [0.1, 0.15) is 15.9 Å². The standard InChI is InChI=1S/C19H17N3O3/c1-3-11-4-9-14-15(10-11)22(13-7-5-12(20)6-8-13)18(23)16(17(14)21)19(24)25-2/h3-10H,1,20-21H2,2H3. The lowest BCUT2D eigenvalue weighted by Crippen LogP contribution is -2.28. The van der Waals surface area contributed by atoms with Crippen molar-refractivity contribution < 1.29 is 9.53 Å². The molecular formula is C19H17N3O3. The summed E-state index contributed by atoms with van der Waals surface area (Å²) in [6.45, 7) is 3.75. The van der Waals surface area contributed by atoms with Crippen molar-refractivity contribution >= 4 is 34.3 Å². The molecule has 6 heteroatoms. The van der Waals surface area contributed by atoms with Gasteiger partial charge in [0.1, 0.15) is 5.56 Å². The molecule has 126 valence electrons. The van der Waals surface area contributed by atoms with E-state index in [1.54, 1.807) is 42.5 Å². The highest BCUT2D eigenvalue weighted by molar-refractivity contribution is 6.04. The summed E-state index contributed by atoms with van der Waals surface area (Å²) in [7, 11) is 1.21. The van der Waals surface area contributed by atoms with Gasteiger partial charge in [-0.15, -0.1) is 0 Å². The first-order valence-corrected chi connectivity index (χ1v) is 7.53. The van der Waals surface area contributed by atoms with Crippen LogP contribution < -0.4 is 17.0 Å². The van der Waals surface area contributed by atoms with Crippen LogP contribution in [0.3, 0.4) is 0 Å². The topological polar surface area (TPSA) is 100 Å². The zero-order chi connectivity index (χ0) is 18.1. The third-order valence-corrected chi connectivity index (χ3v) is 4.02. The second kappa shape index (κ2) is 6.16. The summed E-state index contributed by atoms with van der Waals surface area (Å²) in [5.74, 6) is -0.776. The summed E-state index contributed by atoms with van der Waals surface area (Å²) >= 11 is 0. The number of nitrogen functional groups attached to an aromatic ring is 2. The summed E-state index contributed by atoms with van der Waals surface area (Å²) in [6.07, 6.45) is 1.67. The minimum atomic E-state index is -0.776. The Labute approximate surface area is 143 Å². The molecule has 0 aliphatic heterocycles. The summed E-state index contributed by atoms with van der Waals surface area (Å²) in [5, 5.41) is 0.572. The van der Waals surface area contributed by atoms with E-state index >= 15 is 0 Å². The van der Waals surface area contributed by atoms with E-state index in [0.29, 0.717) is 22.3 Å². The lowest BCUT2D eigenvalue weighted by atomic mass is 10.1. The quantitative estimate of drug-likeness (QED) is 0.566. The molecule has 0 aliphatic rings. The molecule has 3 rings (SSSR count). The number of esters is 1. The predicted molar refractivity (Wildman–Crippen MR) is 99.8 cm³/mol. The Morgan fingerprint density at radius 2 is 1.84 bits per heavy atom. The second-order valence-electron chi connectivity index (χ2n) is 5.49. The zero-order valence-electron chi connectivity index (χ0n) is 13.7. The molecule has 0 radical (unpaired) electrons. The number of carbonyl (C=O) groups excluding carboxylic acids is 1. The van der Waals surface area contributed by atoms with Crippen LogP contribution in [0.2, 0.25) is 0 Å². The maximum atomic E-state index is 13.0. The number of fused-ring (bicyclic) bond motifs is 1. The van der Waals surface area contributed by atoms with E-state index in [-0.39, 0.29) is 11.3 Å². The van der Waals surface area contributed by atoms with Gasteiger partial charge in [-0.25, -0.2) is 4.79 Å². The Kier molecular flexibility index (Phi) is 4.02. The molecule has 3 aromatic rings. The largest absolute Gasteiger partial charge is 0.465 e. The summed E-state index contributed by atoms with van der Waals surface area (Å²) in [6, 6.07) is 12.1. The lowest BCUT2D eigenvalue weighted by molar-refractivity contribution is 0.0600. The van der Waals surface area contributed by atoms with Crippen LogP contribution in [-0.2, 0) is 4.74 Å². The SMILES string of the molecule is C=Cc1ccc2c(N)c(C(=O)OC)c(=O)n(-c3ccc(N)cc3)c2c1. The monoisotopic (exact) mass is 335 g/mol. The molecule has 0 amide bonds. The van der Waals surface area contributed by atoms with E-state index < -0.39 is 11.5 Å². The molecule has 0 spiro atoms. The van der Waals surface area contributed by atoms with Crippen molar-refractivity contribution in [3.05, 3.63) is 70.5 Å². The van der Waals surface area contributed by atoms with Gasteiger partial charge in [0.25, 0.3) is 5.56 Å². The lowest BCUT2D eigenvalue weighted by Gasteiger charge is -2.15. The number of nitrogens with zero attached hydrogens (tertiary/aromatic N) is 1. The Balaban J connectivity index is 2.51. The van der Waals surface area contributed by atoms with Gasteiger partial charge in [-0.05, 0) is 35.9 Å². The number of benzene rings is 2. The van der Waals surface area contributed by atoms with Gasteiger partial charge in [-0.1, -0.05) is 24.8 Å². The van der Waals surface area contributed by atoms with E-state index in [0.717, 1.165) is 5.56 Å². The summed E-state index contributed by atoms with van der Waals surface area (Å²) in [5.41, 5.74) is 13.7. The molecular weight excluding hydrogens is 318 g/mol. The minimum Gasteiger partial charge on any atom is -0.465 e. The minimum absolute atomic E-state index is 0.0918. The first-order valence-electron chi connectivity index (χ1n) is 7.53. The van der Waals surface area contributed by atoms with E-state index in [1.165, 1.54) is 11.7 Å². The maximum Gasteiger partial charge on any atom is 0.345 e. The van der Waals surface area contributed by atoms with Crippen LogP contribution in [0.15, 0.2) is 53.8 Å². The van der Waals surface area contributed by atoms with Gasteiger partial charge in [0.2, 0.25) is 0 Å². The zero-order valence-corrected chi connectivity index (χ0v) is 13.7. The average molecular weight is 335 g/mol. The van der Waals surface area contributed by atoms with Crippen LogP contribution in [0.5, 0.6) is 0 Å². The van der Waals surface area contributed by atoms with Crippen LogP contribution in [0.4, 0.5) is 11.4 Å². The average Bonchev–Trinajstić information content (AvgIpc) is 2.62. The third kappa shape index (κ3) is 2.63. The normalized spacial score (nSPS) is 10.6. The van der Waals surface area contributed by atoms with Crippen molar-refractivity contribution in [2.24, 2.45) is 0 Å². The third-order valence-electron chi connectivity index (χ3n) is 4.02. The number of methoxy groups -OCH3 is 1. The van der Waals surface area contributed by atoms with Crippen molar-refractivity contribution in [3.63, 3.8) is 0 Å². The highest BCUT2D eigenvalue weighted by Crippen LogP contribution is 2.27. The fourth-order valence-electron chi connectivity index (χ4n) is 2.74. The highest BCUT2D eigenvalue weighted by Gasteiger charge is 2.22. The number of anilines is 2. The molecule has 2 aromatic carbocycles. The fraction of sp³-hybridized carbons (Fsp3) is 0.0526. The van der Waals surface area contributed by atoms with E-state index in [9.17, 15) is 9.59 Å². The van der Waals surface area contributed by atoms with Gasteiger partial charge < -0.3 is 16.2 Å². The Hall–Kier alpha value is -3.54. The maximum absolute atomic E-state index is 13.0. The number of nitrogens with two attached hydrogens (primary N) is 2. The first kappa shape index (κ1) is 16.3. The van der Waals surface area contributed by atoms with Crippen molar-refractivity contribution in [1.29, 1.82) is 0 Å². The molecule has 0 bridgehead atoms. The van der Waals surface area contributed by atoms with E-state index in [4.69, 9.17) is 16.2 Å². The Bertz CT molecular complexity index is 1050. The molecule has 0 saturated carbocycles. The fourth-order valence-corrected chi connectivity index (χ4v) is 2.74. The number of carbonyl (C=O) groups is 1. The number of aromatic nitrogens is 1. The molecule has 0 atom stereocenters. The number of hydrogen-bond acceptors (Lipinski definition) is 5. The van der Waals surface area contributed by atoms with Crippen molar-refractivity contribution in [3.8, 4) is 5.69 Å². The van der Waals surface area contributed by atoms with Gasteiger partial charge in [-0.2, -0.15) is 0 Å². The van der Waals surface area contributed by atoms with Gasteiger partial charge in [0, 0.05) is 16.8 Å². The molecule has 6 nitrogen and oxygen atoms in total. The van der Waals surface area contributed by atoms with Crippen LogP contribution in [0, 0.1) is 0 Å². The van der Waals surface area contributed by atoms with Crippen molar-refractivity contribution in [2.75, 3.05) is 18.6 Å². The molecule has 0 fully saturated rings.